The van der Waals surface area contributed by atoms with Crippen molar-refractivity contribution in [2.24, 2.45) is 5.92 Å². The summed E-state index contributed by atoms with van der Waals surface area (Å²) >= 11 is 12.3. The van der Waals surface area contributed by atoms with E-state index in [1.165, 1.54) is 6.92 Å². The summed E-state index contributed by atoms with van der Waals surface area (Å²) in [6.07, 6.45) is 5.74. The van der Waals surface area contributed by atoms with Crippen LogP contribution in [0.1, 0.15) is 43.0 Å². The number of phenols is 1. The summed E-state index contributed by atoms with van der Waals surface area (Å²) in [5.74, 6) is 0.350. The highest BCUT2D eigenvalue weighted by Gasteiger charge is 2.24. The van der Waals surface area contributed by atoms with Crippen LogP contribution in [0.4, 0.5) is 5.69 Å². The molecule has 0 bridgehead atoms. The van der Waals surface area contributed by atoms with Gasteiger partial charge in [-0.3, -0.25) is 9.78 Å². The maximum Gasteiger partial charge on any atom is 0.163 e. The number of pyridine rings is 2. The second kappa shape index (κ2) is 11.1. The van der Waals surface area contributed by atoms with E-state index >= 15 is 0 Å². The van der Waals surface area contributed by atoms with Gasteiger partial charge in [0, 0.05) is 30.9 Å². The van der Waals surface area contributed by atoms with Crippen molar-refractivity contribution in [2.75, 3.05) is 32.1 Å². The Morgan fingerprint density at radius 1 is 1.17 bits per heavy atom. The van der Waals surface area contributed by atoms with Crippen LogP contribution >= 0.6 is 23.2 Å². The quantitative estimate of drug-likeness (QED) is 0.344. The molecule has 1 aliphatic rings. The van der Waals surface area contributed by atoms with Crippen molar-refractivity contribution >= 4 is 45.7 Å². The molecule has 7 nitrogen and oxygen atoms in total. The predicted molar refractivity (Wildman–Crippen MR) is 141 cm³/mol. The van der Waals surface area contributed by atoms with Crippen molar-refractivity contribution in [3.05, 3.63) is 46.1 Å². The second-order valence-electron chi connectivity index (χ2n) is 9.30. The van der Waals surface area contributed by atoms with Gasteiger partial charge in [0.2, 0.25) is 0 Å². The molecule has 186 valence electrons. The molecule has 1 aromatic carbocycles. The molecule has 3 aromatic rings. The number of aliphatic hydroxyl groups is 1. The number of aliphatic hydroxyl groups excluding tert-OH is 1. The number of aromatic hydroxyl groups is 1. The van der Waals surface area contributed by atoms with Gasteiger partial charge in [0.05, 0.1) is 39.1 Å². The Morgan fingerprint density at radius 2 is 1.86 bits per heavy atom. The number of phenolic OH excluding ortho intramolecular Hbond substituents is 1. The number of nitrogens with zero attached hydrogens (tertiary/aromatic N) is 3. The Morgan fingerprint density at radius 3 is 2.49 bits per heavy atom. The zero-order valence-electron chi connectivity index (χ0n) is 19.9. The molecule has 0 spiro atoms. The van der Waals surface area contributed by atoms with Crippen molar-refractivity contribution in [1.82, 2.24) is 14.9 Å². The minimum atomic E-state index is -0.168. The van der Waals surface area contributed by atoms with Crippen molar-refractivity contribution in [2.45, 2.75) is 38.6 Å². The highest BCUT2D eigenvalue weighted by molar-refractivity contribution is 6.37. The first kappa shape index (κ1) is 25.6. The third-order valence-corrected chi connectivity index (χ3v) is 7.23. The Labute approximate surface area is 215 Å². The standard InChI is InChI=1S/C26H30Cl2N4O3/c1-15(34)19-13-29-23-8-7-22(17-11-20(27)26(35)21(28)12-17)31-25(23)24(19)30-18-5-3-16(4-6-18)14-32(2)9-10-33/h7-8,11-13,16,18,33,35H,3-6,9-10,14H2,1-2H3,(H,29,30). The number of rotatable bonds is 8. The van der Waals surface area contributed by atoms with Gasteiger partial charge in [-0.2, -0.15) is 0 Å². The summed E-state index contributed by atoms with van der Waals surface area (Å²) in [6, 6.07) is 7.12. The number of Topliss-reactive ketones (excluding diaryl/α,β-unsaturated/α-hetero) is 1. The van der Waals surface area contributed by atoms with Crippen LogP contribution in [0, 0.1) is 5.92 Å². The minimum absolute atomic E-state index is 0.0795. The van der Waals surface area contributed by atoms with Gasteiger partial charge in [0.25, 0.3) is 0 Å². The molecule has 0 saturated heterocycles. The lowest BCUT2D eigenvalue weighted by Gasteiger charge is -2.32. The van der Waals surface area contributed by atoms with Gasteiger partial charge in [-0.25, -0.2) is 4.98 Å². The Hall–Kier alpha value is -2.45. The number of carbonyl (C=O) groups is 1. The molecule has 35 heavy (non-hydrogen) atoms. The van der Waals surface area contributed by atoms with Crippen LogP contribution in [0.25, 0.3) is 22.3 Å². The van der Waals surface area contributed by atoms with E-state index in [-0.39, 0.29) is 34.2 Å². The van der Waals surface area contributed by atoms with Gasteiger partial charge in [-0.15, -0.1) is 0 Å². The van der Waals surface area contributed by atoms with Gasteiger partial charge in [-0.1, -0.05) is 23.2 Å². The molecule has 0 radical (unpaired) electrons. The lowest BCUT2D eigenvalue weighted by molar-refractivity contribution is 0.101. The summed E-state index contributed by atoms with van der Waals surface area (Å²) in [5.41, 5.74) is 3.76. The van der Waals surface area contributed by atoms with Crippen molar-refractivity contribution in [3.63, 3.8) is 0 Å². The zero-order valence-corrected chi connectivity index (χ0v) is 21.4. The Bertz CT molecular complexity index is 1210. The smallest absolute Gasteiger partial charge is 0.163 e. The molecule has 2 heterocycles. The molecule has 2 aromatic heterocycles. The maximum absolute atomic E-state index is 12.5. The fraction of sp³-hybridized carbons (Fsp3) is 0.423. The van der Waals surface area contributed by atoms with Crippen molar-refractivity contribution in [3.8, 4) is 17.0 Å². The average molecular weight is 517 g/mol. The molecular weight excluding hydrogens is 487 g/mol. The molecule has 0 aliphatic heterocycles. The fourth-order valence-electron chi connectivity index (χ4n) is 4.75. The summed E-state index contributed by atoms with van der Waals surface area (Å²) < 4.78 is 0. The topological polar surface area (TPSA) is 98.6 Å². The molecule has 1 aliphatic carbocycles. The highest BCUT2D eigenvalue weighted by atomic mass is 35.5. The maximum atomic E-state index is 12.5. The number of benzene rings is 1. The molecule has 9 heteroatoms. The number of ketones is 1. The number of nitrogens with one attached hydrogen (secondary N) is 1. The Balaban J connectivity index is 1.63. The van der Waals surface area contributed by atoms with Crippen LogP contribution in [-0.2, 0) is 0 Å². The molecule has 0 amide bonds. The molecule has 3 N–H and O–H groups in total. The first-order chi connectivity index (χ1) is 16.8. The van der Waals surface area contributed by atoms with Gasteiger partial charge in [0.15, 0.2) is 11.5 Å². The van der Waals surface area contributed by atoms with Crippen molar-refractivity contribution in [1.29, 1.82) is 0 Å². The molecule has 4 rings (SSSR count). The third-order valence-electron chi connectivity index (χ3n) is 6.65. The van der Waals surface area contributed by atoms with E-state index in [1.54, 1.807) is 18.3 Å². The van der Waals surface area contributed by atoms with Gasteiger partial charge in [0.1, 0.15) is 5.52 Å². The molecule has 0 atom stereocenters. The molecule has 0 unspecified atom stereocenters. The van der Waals surface area contributed by atoms with Gasteiger partial charge >= 0.3 is 0 Å². The van der Waals surface area contributed by atoms with Crippen LogP contribution < -0.4 is 5.32 Å². The summed E-state index contributed by atoms with van der Waals surface area (Å²) in [5, 5.41) is 23.0. The summed E-state index contributed by atoms with van der Waals surface area (Å²) in [7, 11) is 2.04. The summed E-state index contributed by atoms with van der Waals surface area (Å²) in [6.45, 7) is 3.38. The third kappa shape index (κ3) is 5.86. The van der Waals surface area contributed by atoms with E-state index in [0.717, 1.165) is 32.2 Å². The van der Waals surface area contributed by atoms with E-state index in [0.29, 0.717) is 46.0 Å². The number of hydrogen-bond donors (Lipinski definition) is 3. The normalized spacial score (nSPS) is 18.2. The number of anilines is 1. The van der Waals surface area contributed by atoms with Crippen molar-refractivity contribution < 1.29 is 15.0 Å². The number of likely N-dealkylation sites (N-methyl/N-ethyl adjacent to an activating group) is 1. The van der Waals surface area contributed by atoms with E-state index in [1.807, 2.05) is 19.2 Å². The van der Waals surface area contributed by atoms with Crippen LogP contribution in [0.2, 0.25) is 10.0 Å². The molecule has 1 fully saturated rings. The molecular formula is C26H30Cl2N4O3. The predicted octanol–water partition coefficient (Wildman–Crippen LogP) is 5.41. The lowest BCUT2D eigenvalue weighted by Crippen LogP contribution is -2.33. The highest BCUT2D eigenvalue weighted by Crippen LogP contribution is 2.37. The van der Waals surface area contributed by atoms with Crippen LogP contribution in [0.3, 0.4) is 0 Å². The number of halogens is 2. The SMILES string of the molecule is CC(=O)c1cnc2ccc(-c3cc(Cl)c(O)c(Cl)c3)nc2c1NC1CCC(CN(C)CCO)CC1. The summed E-state index contributed by atoms with van der Waals surface area (Å²) in [4.78, 5) is 23.9. The van der Waals surface area contributed by atoms with E-state index in [2.05, 4.69) is 15.2 Å². The minimum Gasteiger partial charge on any atom is -0.505 e. The monoisotopic (exact) mass is 516 g/mol. The van der Waals surface area contributed by atoms with Crippen LogP contribution in [-0.4, -0.2) is 63.7 Å². The number of hydrogen-bond acceptors (Lipinski definition) is 7. The first-order valence-corrected chi connectivity index (χ1v) is 12.6. The number of fused-ring (bicyclic) bond motifs is 1. The second-order valence-corrected chi connectivity index (χ2v) is 10.1. The largest absolute Gasteiger partial charge is 0.505 e. The number of carbonyl (C=O) groups excluding carboxylic acids is 1. The van der Waals surface area contributed by atoms with E-state index in [9.17, 15) is 9.90 Å². The fourth-order valence-corrected chi connectivity index (χ4v) is 5.24. The first-order valence-electron chi connectivity index (χ1n) is 11.8. The zero-order chi connectivity index (χ0) is 25.1. The lowest BCUT2D eigenvalue weighted by atomic mass is 9.85. The van der Waals surface area contributed by atoms with Crippen LogP contribution in [0.15, 0.2) is 30.5 Å². The van der Waals surface area contributed by atoms with E-state index < -0.39 is 0 Å². The Kier molecular flexibility index (Phi) is 8.12. The average Bonchev–Trinajstić information content (AvgIpc) is 2.83. The number of aromatic nitrogens is 2. The van der Waals surface area contributed by atoms with Gasteiger partial charge in [-0.05, 0) is 69.8 Å². The van der Waals surface area contributed by atoms with Crippen LogP contribution in [0.5, 0.6) is 5.75 Å². The molecule has 1 saturated carbocycles. The van der Waals surface area contributed by atoms with Gasteiger partial charge < -0.3 is 20.4 Å². The van der Waals surface area contributed by atoms with E-state index in [4.69, 9.17) is 33.3 Å².